The van der Waals surface area contributed by atoms with Gasteiger partial charge >= 0.3 is 30.2 Å². The van der Waals surface area contributed by atoms with Crippen LogP contribution in [0.3, 0.4) is 0 Å². The molecule has 0 fully saturated rings. The van der Waals surface area contributed by atoms with Gasteiger partial charge in [0.25, 0.3) is 0 Å². The minimum atomic E-state index is -6.85. The summed E-state index contributed by atoms with van der Waals surface area (Å²) in [4.78, 5) is 10.8. The van der Waals surface area contributed by atoms with E-state index < -0.39 is 36.8 Å². The van der Waals surface area contributed by atoms with E-state index in [1.807, 2.05) is 0 Å². The van der Waals surface area contributed by atoms with Gasteiger partial charge in [-0.25, -0.2) is 4.79 Å². The molecule has 0 atom stereocenters. The van der Waals surface area contributed by atoms with Crippen LogP contribution in [0.4, 0.5) is 44.3 Å². The van der Waals surface area contributed by atoms with Gasteiger partial charge in [-0.2, -0.15) is 39.5 Å². The average molecular weight is 335 g/mol. The van der Waals surface area contributed by atoms with Crippen molar-refractivity contribution in [1.29, 1.82) is 0 Å². The zero-order valence-corrected chi connectivity index (χ0v) is 10.3. The van der Waals surface area contributed by atoms with Crippen molar-refractivity contribution in [2.24, 2.45) is 0 Å². The summed E-state index contributed by atoms with van der Waals surface area (Å²) in [7, 11) is 0. The molecule has 1 N–H and O–H groups in total. The SMILES string of the molecule is CCCCOC(=O)NC(C(F)(F)F)(C(F)(F)F)C(F)(F)F. The minimum absolute atomic E-state index is 0.0600. The number of alkyl halides is 9. The van der Waals surface area contributed by atoms with E-state index in [2.05, 4.69) is 4.74 Å². The van der Waals surface area contributed by atoms with Crippen LogP contribution in [0, 0.1) is 0 Å². The Bertz CT molecular complexity index is 322. The molecule has 0 aliphatic carbocycles. The number of ether oxygens (including phenoxy) is 1. The molecule has 0 aromatic heterocycles. The van der Waals surface area contributed by atoms with Crippen molar-refractivity contribution in [2.45, 2.75) is 43.8 Å². The third kappa shape index (κ3) is 4.06. The first kappa shape index (κ1) is 19.6. The number of hydrogen-bond donors (Lipinski definition) is 1. The first-order chi connectivity index (χ1) is 9.20. The second-order valence-electron chi connectivity index (χ2n) is 3.86. The van der Waals surface area contributed by atoms with Gasteiger partial charge in [0.15, 0.2) is 0 Å². The lowest BCUT2D eigenvalue weighted by Crippen LogP contribution is -2.75. The Balaban J connectivity index is 5.58. The molecule has 21 heavy (non-hydrogen) atoms. The summed E-state index contributed by atoms with van der Waals surface area (Å²) < 4.78 is 116. The van der Waals surface area contributed by atoms with E-state index in [-0.39, 0.29) is 11.7 Å². The van der Waals surface area contributed by atoms with Crippen molar-refractivity contribution >= 4 is 6.09 Å². The summed E-state index contributed by atoms with van der Waals surface area (Å²) in [6.45, 7) is 0.929. The molecule has 12 heteroatoms. The van der Waals surface area contributed by atoms with E-state index in [0.29, 0.717) is 6.42 Å². The van der Waals surface area contributed by atoms with Crippen molar-refractivity contribution < 1.29 is 49.0 Å². The standard InChI is InChI=1S/C9H10F9NO2/c1-2-3-4-21-5(20)19-6(7(10,11)12,8(13,14)15)9(16,17)18/h2-4H2,1H3,(H,19,20). The van der Waals surface area contributed by atoms with Crippen LogP contribution in [0.25, 0.3) is 0 Å². The first-order valence-corrected chi connectivity index (χ1v) is 5.35. The second-order valence-corrected chi connectivity index (χ2v) is 3.86. The summed E-state index contributed by atoms with van der Waals surface area (Å²) in [5.41, 5.74) is -6.39. The Morgan fingerprint density at radius 1 is 0.905 bits per heavy atom. The highest BCUT2D eigenvalue weighted by molar-refractivity contribution is 5.69. The third-order valence-corrected chi connectivity index (χ3v) is 2.30. The maximum Gasteiger partial charge on any atom is 0.429 e. The number of halogens is 9. The lowest BCUT2D eigenvalue weighted by molar-refractivity contribution is -0.387. The molecule has 0 spiro atoms. The summed E-state index contributed by atoms with van der Waals surface area (Å²) in [6, 6.07) is 0. The normalized spacial score (nSPS) is 14.0. The van der Waals surface area contributed by atoms with Crippen LogP contribution < -0.4 is 5.32 Å². The number of nitrogens with one attached hydrogen (secondary N) is 1. The molecule has 126 valence electrons. The van der Waals surface area contributed by atoms with E-state index in [0.717, 1.165) is 0 Å². The maximum absolute atomic E-state index is 12.4. The van der Waals surface area contributed by atoms with Gasteiger partial charge in [0.05, 0.1) is 6.61 Å². The summed E-state index contributed by atoms with van der Waals surface area (Å²) in [6.07, 6.45) is -22.6. The number of amides is 1. The molecule has 0 aromatic rings. The van der Waals surface area contributed by atoms with Crippen molar-refractivity contribution in [3.8, 4) is 0 Å². The molecule has 0 bridgehead atoms. The van der Waals surface area contributed by atoms with Crippen LogP contribution in [0.5, 0.6) is 0 Å². The number of carbonyl (C=O) groups excluding carboxylic acids is 1. The lowest BCUT2D eigenvalue weighted by Gasteiger charge is -2.38. The Hall–Kier alpha value is -1.36. The van der Waals surface area contributed by atoms with Crippen molar-refractivity contribution in [2.75, 3.05) is 6.61 Å². The van der Waals surface area contributed by atoms with Crippen LogP contribution >= 0.6 is 0 Å². The van der Waals surface area contributed by atoms with Gasteiger partial charge in [-0.3, -0.25) is 5.32 Å². The first-order valence-electron chi connectivity index (χ1n) is 5.35. The van der Waals surface area contributed by atoms with E-state index in [1.165, 1.54) is 0 Å². The highest BCUT2D eigenvalue weighted by Crippen LogP contribution is 2.52. The summed E-state index contributed by atoms with van der Waals surface area (Å²) in [5, 5.41) is -0.127. The van der Waals surface area contributed by atoms with Crippen LogP contribution in [-0.4, -0.2) is 36.8 Å². The molecule has 0 aliphatic rings. The zero-order valence-electron chi connectivity index (χ0n) is 10.3. The molecule has 0 rings (SSSR count). The van der Waals surface area contributed by atoms with Gasteiger partial charge < -0.3 is 4.74 Å². The Kier molecular flexibility index (Phi) is 5.78. The van der Waals surface area contributed by atoms with Gasteiger partial charge in [-0.05, 0) is 6.42 Å². The van der Waals surface area contributed by atoms with Crippen molar-refractivity contribution in [3.63, 3.8) is 0 Å². The van der Waals surface area contributed by atoms with Gasteiger partial charge in [0.1, 0.15) is 0 Å². The highest BCUT2D eigenvalue weighted by atomic mass is 19.4. The van der Waals surface area contributed by atoms with Gasteiger partial charge in [0.2, 0.25) is 0 Å². The Morgan fingerprint density at radius 3 is 1.57 bits per heavy atom. The number of carbonyl (C=O) groups is 1. The topological polar surface area (TPSA) is 38.3 Å². The van der Waals surface area contributed by atoms with Crippen LogP contribution in [-0.2, 0) is 4.74 Å². The van der Waals surface area contributed by atoms with E-state index in [4.69, 9.17) is 0 Å². The molecular weight excluding hydrogens is 325 g/mol. The molecule has 0 unspecified atom stereocenters. The van der Waals surface area contributed by atoms with E-state index in [9.17, 15) is 44.3 Å². The predicted molar refractivity (Wildman–Crippen MR) is 50.3 cm³/mol. The zero-order chi connectivity index (χ0) is 17.1. The fraction of sp³-hybridized carbons (Fsp3) is 0.889. The fourth-order valence-electron chi connectivity index (χ4n) is 1.19. The summed E-state index contributed by atoms with van der Waals surface area (Å²) >= 11 is 0. The molecule has 1 amide bonds. The second kappa shape index (κ2) is 6.18. The fourth-order valence-corrected chi connectivity index (χ4v) is 1.19. The molecule has 3 nitrogen and oxygen atoms in total. The number of unbranched alkanes of at least 4 members (excludes halogenated alkanes) is 1. The average Bonchev–Trinajstić information content (AvgIpc) is 2.20. The molecule has 0 aromatic carbocycles. The predicted octanol–water partition coefficient (Wildman–Crippen LogP) is 3.94. The smallest absolute Gasteiger partial charge is 0.429 e. The van der Waals surface area contributed by atoms with E-state index >= 15 is 0 Å². The quantitative estimate of drug-likeness (QED) is 0.624. The van der Waals surface area contributed by atoms with Crippen LogP contribution in [0.1, 0.15) is 19.8 Å². The third-order valence-electron chi connectivity index (χ3n) is 2.30. The van der Waals surface area contributed by atoms with Crippen LogP contribution in [0.15, 0.2) is 0 Å². The lowest BCUT2D eigenvalue weighted by atomic mass is 9.97. The molecule has 0 aliphatic heterocycles. The van der Waals surface area contributed by atoms with Gasteiger partial charge in [-0.1, -0.05) is 13.3 Å². The van der Waals surface area contributed by atoms with E-state index in [1.54, 1.807) is 6.92 Å². The Morgan fingerprint density at radius 2 is 1.29 bits per heavy atom. The van der Waals surface area contributed by atoms with Crippen LogP contribution in [0.2, 0.25) is 0 Å². The number of hydrogen-bond acceptors (Lipinski definition) is 2. The monoisotopic (exact) mass is 335 g/mol. The molecule has 0 saturated heterocycles. The molecule has 0 radical (unpaired) electrons. The minimum Gasteiger partial charge on any atom is -0.450 e. The van der Waals surface area contributed by atoms with Crippen molar-refractivity contribution in [3.05, 3.63) is 0 Å². The largest absolute Gasteiger partial charge is 0.450 e. The van der Waals surface area contributed by atoms with Gasteiger partial charge in [-0.15, -0.1) is 0 Å². The Labute approximate surface area is 112 Å². The molecule has 0 heterocycles. The maximum atomic E-state index is 12.4. The number of rotatable bonds is 4. The van der Waals surface area contributed by atoms with Gasteiger partial charge in [0, 0.05) is 0 Å². The highest BCUT2D eigenvalue weighted by Gasteiger charge is 2.85. The summed E-state index contributed by atoms with van der Waals surface area (Å²) in [5.74, 6) is 0. The number of alkyl carbamates (subject to hydrolysis) is 1. The molecule has 0 saturated carbocycles. The molecular formula is C9H10F9NO2. The van der Waals surface area contributed by atoms with Crippen molar-refractivity contribution in [1.82, 2.24) is 5.32 Å².